The Morgan fingerprint density at radius 1 is 0.854 bits per heavy atom. The van der Waals surface area contributed by atoms with Gasteiger partial charge in [0, 0.05) is 25.3 Å². The number of nitrogens with one attached hydrogen (secondary N) is 4. The Morgan fingerprint density at radius 2 is 1.54 bits per heavy atom. The first-order valence-electron chi connectivity index (χ1n) is 13.8. The number of aliphatic hydroxyl groups excluding tert-OH is 1. The monoisotopic (exact) mass is 560 g/mol. The molecule has 0 aromatic heterocycles. The largest absolute Gasteiger partial charge is 0.465 e. The van der Waals surface area contributed by atoms with E-state index in [0.717, 1.165) is 28.3 Å². The molecular formula is C31H36N4O6. The van der Waals surface area contributed by atoms with Crippen molar-refractivity contribution in [3.8, 4) is 0 Å². The van der Waals surface area contributed by atoms with Crippen molar-refractivity contribution in [2.75, 3.05) is 13.2 Å². The van der Waals surface area contributed by atoms with Crippen molar-refractivity contribution in [2.45, 2.75) is 50.2 Å². The van der Waals surface area contributed by atoms with Crippen molar-refractivity contribution < 1.29 is 29.4 Å². The normalized spacial score (nSPS) is 17.1. The van der Waals surface area contributed by atoms with Crippen LogP contribution in [0.2, 0.25) is 0 Å². The van der Waals surface area contributed by atoms with Gasteiger partial charge in [-0.15, -0.1) is 0 Å². The van der Waals surface area contributed by atoms with Crippen LogP contribution in [-0.4, -0.2) is 65.3 Å². The molecule has 1 aliphatic heterocycles. The molecule has 6 N–H and O–H groups in total. The van der Waals surface area contributed by atoms with Crippen LogP contribution in [0.3, 0.4) is 0 Å². The second-order valence-electron chi connectivity index (χ2n) is 10.3. The Balaban J connectivity index is 1.52. The summed E-state index contributed by atoms with van der Waals surface area (Å²) in [5, 5.41) is 32.0. The Morgan fingerprint density at radius 3 is 2.27 bits per heavy atom. The van der Waals surface area contributed by atoms with Crippen molar-refractivity contribution in [3.63, 3.8) is 0 Å². The molecule has 0 spiro atoms. The lowest BCUT2D eigenvalue weighted by Crippen LogP contribution is -2.56. The molecule has 1 fully saturated rings. The summed E-state index contributed by atoms with van der Waals surface area (Å²) < 4.78 is 0. The van der Waals surface area contributed by atoms with Gasteiger partial charge in [0.15, 0.2) is 0 Å². The molecule has 10 heteroatoms. The fourth-order valence-corrected chi connectivity index (χ4v) is 5.26. The molecule has 1 heterocycles. The third kappa shape index (κ3) is 8.28. The predicted molar refractivity (Wildman–Crippen MR) is 154 cm³/mol. The molecule has 10 nitrogen and oxygen atoms in total. The van der Waals surface area contributed by atoms with Crippen molar-refractivity contribution >= 4 is 34.6 Å². The van der Waals surface area contributed by atoms with Crippen LogP contribution in [0.4, 0.5) is 4.79 Å². The number of benzene rings is 3. The summed E-state index contributed by atoms with van der Waals surface area (Å²) in [4.78, 5) is 50.9. The van der Waals surface area contributed by atoms with Crippen molar-refractivity contribution in [3.05, 3.63) is 83.9 Å². The zero-order chi connectivity index (χ0) is 29.2. The lowest BCUT2D eigenvalue weighted by atomic mass is 9.91. The quantitative estimate of drug-likeness (QED) is 0.199. The molecule has 4 rings (SSSR count). The summed E-state index contributed by atoms with van der Waals surface area (Å²) in [6.07, 6.45) is 0.623. The Labute approximate surface area is 238 Å². The number of piperidine rings is 1. The van der Waals surface area contributed by atoms with Gasteiger partial charge in [-0.05, 0) is 41.2 Å². The Hall–Kier alpha value is -4.44. The zero-order valence-electron chi connectivity index (χ0n) is 22.7. The molecule has 0 bridgehead atoms. The number of amides is 4. The van der Waals surface area contributed by atoms with Gasteiger partial charge in [-0.3, -0.25) is 14.4 Å². The first-order chi connectivity index (χ1) is 19.8. The number of rotatable bonds is 12. The highest BCUT2D eigenvalue weighted by Crippen LogP contribution is 2.20. The number of carbonyl (C=O) groups is 4. The van der Waals surface area contributed by atoms with Crippen molar-refractivity contribution in [2.24, 2.45) is 5.92 Å². The molecule has 216 valence electrons. The molecule has 3 aromatic carbocycles. The number of hydrogen-bond donors (Lipinski definition) is 6. The molecule has 4 atom stereocenters. The molecule has 3 aromatic rings. The predicted octanol–water partition coefficient (Wildman–Crippen LogP) is 2.14. The summed E-state index contributed by atoms with van der Waals surface area (Å²) in [6, 6.07) is 19.5. The van der Waals surface area contributed by atoms with Crippen LogP contribution >= 0.6 is 0 Å². The van der Waals surface area contributed by atoms with E-state index in [1.165, 1.54) is 0 Å². The highest BCUT2D eigenvalue weighted by atomic mass is 16.4. The molecule has 0 aliphatic carbocycles. The maximum atomic E-state index is 13.5. The van der Waals surface area contributed by atoms with Gasteiger partial charge in [0.1, 0.15) is 12.1 Å². The van der Waals surface area contributed by atoms with Crippen LogP contribution in [0.15, 0.2) is 72.8 Å². The fraction of sp³-hybridized carbons (Fsp3) is 0.355. The summed E-state index contributed by atoms with van der Waals surface area (Å²) in [5.41, 5.74) is 1.57. The van der Waals surface area contributed by atoms with Crippen LogP contribution in [0.5, 0.6) is 0 Å². The number of hydrogen-bond acceptors (Lipinski definition) is 5. The summed E-state index contributed by atoms with van der Waals surface area (Å²) in [6.45, 7) is 0.243. The van der Waals surface area contributed by atoms with Gasteiger partial charge in [-0.25, -0.2) is 4.79 Å². The molecule has 0 saturated carbocycles. The van der Waals surface area contributed by atoms with E-state index in [9.17, 15) is 29.4 Å². The van der Waals surface area contributed by atoms with Crippen LogP contribution < -0.4 is 21.3 Å². The summed E-state index contributed by atoms with van der Waals surface area (Å²) in [5.74, 6) is -1.61. The minimum absolute atomic E-state index is 0.0786. The fourth-order valence-electron chi connectivity index (χ4n) is 5.26. The van der Waals surface area contributed by atoms with Crippen LogP contribution in [0, 0.1) is 5.92 Å². The van der Waals surface area contributed by atoms with Crippen LogP contribution in [-0.2, 0) is 27.2 Å². The number of aliphatic hydroxyl groups is 1. The van der Waals surface area contributed by atoms with E-state index in [-0.39, 0.29) is 37.7 Å². The second-order valence-corrected chi connectivity index (χ2v) is 10.3. The van der Waals surface area contributed by atoms with Gasteiger partial charge in [-0.1, -0.05) is 72.8 Å². The highest BCUT2D eigenvalue weighted by molar-refractivity contribution is 5.92. The molecule has 0 radical (unpaired) electrons. The highest BCUT2D eigenvalue weighted by Gasteiger charge is 2.31. The van der Waals surface area contributed by atoms with Gasteiger partial charge < -0.3 is 31.5 Å². The maximum absolute atomic E-state index is 13.5. The van der Waals surface area contributed by atoms with E-state index in [0.29, 0.717) is 13.0 Å². The third-order valence-electron chi connectivity index (χ3n) is 7.37. The average molecular weight is 561 g/mol. The minimum Gasteiger partial charge on any atom is -0.465 e. The number of fused-ring (bicyclic) bond motifs is 1. The average Bonchev–Trinajstić information content (AvgIpc) is 2.97. The first kappa shape index (κ1) is 29.5. The van der Waals surface area contributed by atoms with E-state index in [4.69, 9.17) is 0 Å². The molecule has 4 amide bonds. The van der Waals surface area contributed by atoms with Crippen molar-refractivity contribution in [1.29, 1.82) is 0 Å². The molecule has 41 heavy (non-hydrogen) atoms. The van der Waals surface area contributed by atoms with E-state index in [2.05, 4.69) is 21.3 Å². The molecule has 1 saturated heterocycles. The van der Waals surface area contributed by atoms with E-state index >= 15 is 0 Å². The van der Waals surface area contributed by atoms with Gasteiger partial charge in [0.25, 0.3) is 0 Å². The van der Waals surface area contributed by atoms with Gasteiger partial charge >= 0.3 is 6.09 Å². The number of carbonyl (C=O) groups excluding carboxylic acids is 3. The van der Waals surface area contributed by atoms with E-state index < -0.39 is 36.0 Å². The lowest BCUT2D eigenvalue weighted by molar-refractivity contribution is -0.131. The standard InChI is InChI=1S/C31H36N4O6/c36-19-24(17-23-13-7-15-32-28(23)37)33-29(38)26(16-20-8-2-1-3-9-20)34-30(39)27(35-31(40)41)18-22-12-6-11-21-10-4-5-14-25(21)22/h1-6,8-12,14,23-24,26-27,35-36H,7,13,15-19H2,(H,32,37)(H,33,38)(H,34,39)(H,40,41)/t23-,24-,26-,27-/m0/s1. The second kappa shape index (κ2) is 14.3. The molecule has 1 aliphatic rings. The van der Waals surface area contributed by atoms with E-state index in [1.807, 2.05) is 72.8 Å². The van der Waals surface area contributed by atoms with Crippen molar-refractivity contribution in [1.82, 2.24) is 21.3 Å². The van der Waals surface area contributed by atoms with Gasteiger partial charge in [0.2, 0.25) is 17.7 Å². The minimum atomic E-state index is -1.36. The first-order valence-corrected chi connectivity index (χ1v) is 13.8. The Kier molecular flexibility index (Phi) is 10.3. The number of carboxylic acid groups (broad SMARTS) is 1. The van der Waals surface area contributed by atoms with Gasteiger partial charge in [0.05, 0.1) is 12.6 Å². The summed E-state index contributed by atoms with van der Waals surface area (Å²) in [7, 11) is 0. The lowest BCUT2D eigenvalue weighted by Gasteiger charge is -2.28. The topological polar surface area (TPSA) is 157 Å². The SMILES string of the molecule is O=C(O)N[C@@H](Cc1cccc2ccccc12)C(=O)N[C@@H](Cc1ccccc1)C(=O)N[C@H](CO)C[C@@H]1CCCNC1=O. The van der Waals surface area contributed by atoms with E-state index in [1.54, 1.807) is 0 Å². The molecular weight excluding hydrogens is 524 g/mol. The molecule has 0 unspecified atom stereocenters. The van der Waals surface area contributed by atoms with Crippen LogP contribution in [0.1, 0.15) is 30.4 Å². The smallest absolute Gasteiger partial charge is 0.405 e. The summed E-state index contributed by atoms with van der Waals surface area (Å²) >= 11 is 0. The van der Waals surface area contributed by atoms with Gasteiger partial charge in [-0.2, -0.15) is 0 Å². The van der Waals surface area contributed by atoms with Crippen LogP contribution in [0.25, 0.3) is 10.8 Å². The zero-order valence-corrected chi connectivity index (χ0v) is 22.7. The third-order valence-corrected chi connectivity index (χ3v) is 7.37. The maximum Gasteiger partial charge on any atom is 0.405 e. The Bertz CT molecular complexity index is 1360.